The second-order valence-corrected chi connectivity index (χ2v) is 6.38. The molecule has 2 N–H and O–H groups in total. The summed E-state index contributed by atoms with van der Waals surface area (Å²) in [6.45, 7) is 1.95. The van der Waals surface area contributed by atoms with Crippen molar-refractivity contribution in [3.05, 3.63) is 59.5 Å². The Morgan fingerprint density at radius 3 is 2.83 bits per heavy atom. The van der Waals surface area contributed by atoms with E-state index in [-0.39, 0.29) is 24.4 Å². The van der Waals surface area contributed by atoms with E-state index in [1.54, 1.807) is 31.2 Å². The second-order valence-electron chi connectivity index (χ2n) is 6.38. The lowest BCUT2D eigenvalue weighted by molar-refractivity contribution is -0.0366. The average molecular weight is 330 g/mol. The number of benzene rings is 1. The van der Waals surface area contributed by atoms with Gasteiger partial charge in [-0.15, -0.1) is 0 Å². The zero-order chi connectivity index (χ0) is 17.2. The molecular formula is C18H19FN2O3. The molecule has 1 aromatic heterocycles. The van der Waals surface area contributed by atoms with Gasteiger partial charge in [0.15, 0.2) is 0 Å². The first-order valence-electron chi connectivity index (χ1n) is 7.78. The summed E-state index contributed by atoms with van der Waals surface area (Å²) in [5.74, 6) is -0.173. The first kappa shape index (κ1) is 16.4. The van der Waals surface area contributed by atoms with Crippen LogP contribution in [0.3, 0.4) is 0 Å². The van der Waals surface area contributed by atoms with Crippen LogP contribution < -0.4 is 10.1 Å². The maximum atomic E-state index is 13.1. The molecule has 1 saturated carbocycles. The van der Waals surface area contributed by atoms with Crippen LogP contribution in [0.5, 0.6) is 5.88 Å². The molecule has 5 nitrogen and oxygen atoms in total. The number of pyridine rings is 1. The third kappa shape index (κ3) is 4.08. The summed E-state index contributed by atoms with van der Waals surface area (Å²) in [6, 6.07) is 9.37. The summed E-state index contributed by atoms with van der Waals surface area (Å²) >= 11 is 0. The first-order chi connectivity index (χ1) is 11.4. The van der Waals surface area contributed by atoms with E-state index in [4.69, 9.17) is 4.74 Å². The molecule has 0 spiro atoms. The van der Waals surface area contributed by atoms with Crippen LogP contribution in [0.15, 0.2) is 42.6 Å². The average Bonchev–Trinajstić information content (AvgIpc) is 2.52. The SMILES string of the molecule is CC1(O)CC(NC(=O)c2ccc(OCc3cccc(F)c3)nc2)C1. The minimum absolute atomic E-state index is 0.00333. The maximum Gasteiger partial charge on any atom is 0.253 e. The Labute approximate surface area is 139 Å². The van der Waals surface area contributed by atoms with Gasteiger partial charge in [0.25, 0.3) is 5.91 Å². The Morgan fingerprint density at radius 1 is 1.42 bits per heavy atom. The molecule has 126 valence electrons. The lowest BCUT2D eigenvalue weighted by atomic mass is 9.77. The summed E-state index contributed by atoms with van der Waals surface area (Å²) in [7, 11) is 0. The number of carbonyl (C=O) groups is 1. The second kappa shape index (κ2) is 6.57. The quantitative estimate of drug-likeness (QED) is 0.883. The zero-order valence-corrected chi connectivity index (χ0v) is 13.3. The van der Waals surface area contributed by atoms with Gasteiger partial charge >= 0.3 is 0 Å². The number of hydrogen-bond donors (Lipinski definition) is 2. The van der Waals surface area contributed by atoms with Gasteiger partial charge in [0, 0.05) is 18.3 Å². The van der Waals surface area contributed by atoms with E-state index < -0.39 is 5.60 Å². The van der Waals surface area contributed by atoms with E-state index in [0.717, 1.165) is 0 Å². The predicted octanol–water partition coefficient (Wildman–Crippen LogP) is 2.44. The van der Waals surface area contributed by atoms with Crippen molar-refractivity contribution >= 4 is 5.91 Å². The lowest BCUT2D eigenvalue weighted by Gasteiger charge is -2.41. The van der Waals surface area contributed by atoms with Crippen molar-refractivity contribution in [2.45, 2.75) is 38.0 Å². The Kier molecular flexibility index (Phi) is 4.49. The fourth-order valence-corrected chi connectivity index (χ4v) is 2.76. The number of carbonyl (C=O) groups excluding carboxylic acids is 1. The smallest absolute Gasteiger partial charge is 0.253 e. The van der Waals surface area contributed by atoms with Gasteiger partial charge in [0.05, 0.1) is 11.2 Å². The highest BCUT2D eigenvalue weighted by Gasteiger charge is 2.39. The van der Waals surface area contributed by atoms with Crippen molar-refractivity contribution in [2.75, 3.05) is 0 Å². The fraction of sp³-hybridized carbons (Fsp3) is 0.333. The van der Waals surface area contributed by atoms with Crippen molar-refractivity contribution in [1.82, 2.24) is 10.3 Å². The molecule has 2 aromatic rings. The van der Waals surface area contributed by atoms with E-state index in [1.165, 1.54) is 18.3 Å². The highest BCUT2D eigenvalue weighted by molar-refractivity contribution is 5.94. The van der Waals surface area contributed by atoms with E-state index in [9.17, 15) is 14.3 Å². The minimum atomic E-state index is -0.676. The maximum absolute atomic E-state index is 13.1. The molecule has 0 aliphatic heterocycles. The Morgan fingerprint density at radius 2 is 2.21 bits per heavy atom. The van der Waals surface area contributed by atoms with Gasteiger partial charge in [0.2, 0.25) is 5.88 Å². The summed E-state index contributed by atoms with van der Waals surface area (Å²) < 4.78 is 18.6. The molecule has 0 radical (unpaired) electrons. The van der Waals surface area contributed by atoms with Crippen LogP contribution in [0.1, 0.15) is 35.7 Å². The molecule has 0 bridgehead atoms. The number of nitrogens with zero attached hydrogens (tertiary/aromatic N) is 1. The molecule has 1 aliphatic carbocycles. The van der Waals surface area contributed by atoms with Crippen LogP contribution >= 0.6 is 0 Å². The van der Waals surface area contributed by atoms with Crippen molar-refractivity contribution in [3.8, 4) is 5.88 Å². The van der Waals surface area contributed by atoms with E-state index in [1.807, 2.05) is 0 Å². The number of amides is 1. The van der Waals surface area contributed by atoms with Gasteiger partial charge in [-0.1, -0.05) is 12.1 Å². The number of hydrogen-bond acceptors (Lipinski definition) is 4. The predicted molar refractivity (Wildman–Crippen MR) is 86.1 cm³/mol. The topological polar surface area (TPSA) is 71.5 Å². The van der Waals surface area contributed by atoms with Gasteiger partial charge in [-0.25, -0.2) is 9.37 Å². The summed E-state index contributed by atoms with van der Waals surface area (Å²) in [6.07, 6.45) is 2.55. The van der Waals surface area contributed by atoms with Gasteiger partial charge in [-0.3, -0.25) is 4.79 Å². The van der Waals surface area contributed by atoms with Crippen LogP contribution in [0.25, 0.3) is 0 Å². The highest BCUT2D eigenvalue weighted by Crippen LogP contribution is 2.31. The molecular weight excluding hydrogens is 311 g/mol. The Hall–Kier alpha value is -2.47. The summed E-state index contributed by atoms with van der Waals surface area (Å²) in [4.78, 5) is 16.2. The molecule has 0 saturated heterocycles. The summed E-state index contributed by atoms with van der Waals surface area (Å²) in [5.41, 5.74) is 0.459. The molecule has 0 atom stereocenters. The van der Waals surface area contributed by atoms with Crippen LogP contribution in [0.4, 0.5) is 4.39 Å². The van der Waals surface area contributed by atoms with E-state index in [0.29, 0.717) is 29.8 Å². The number of rotatable bonds is 5. The number of halogens is 1. The monoisotopic (exact) mass is 330 g/mol. The van der Waals surface area contributed by atoms with Crippen LogP contribution in [0.2, 0.25) is 0 Å². The van der Waals surface area contributed by atoms with Crippen molar-refractivity contribution in [3.63, 3.8) is 0 Å². The summed E-state index contributed by atoms with van der Waals surface area (Å²) in [5, 5.41) is 12.5. The third-order valence-electron chi connectivity index (χ3n) is 3.98. The first-order valence-corrected chi connectivity index (χ1v) is 7.78. The van der Waals surface area contributed by atoms with Crippen molar-refractivity contribution in [2.24, 2.45) is 0 Å². The molecule has 6 heteroatoms. The fourth-order valence-electron chi connectivity index (χ4n) is 2.76. The number of aliphatic hydroxyl groups is 1. The van der Waals surface area contributed by atoms with Gasteiger partial charge < -0.3 is 15.2 Å². The molecule has 1 aromatic carbocycles. The highest BCUT2D eigenvalue weighted by atomic mass is 19.1. The van der Waals surface area contributed by atoms with Crippen molar-refractivity contribution < 1.29 is 19.0 Å². The number of aromatic nitrogens is 1. The van der Waals surface area contributed by atoms with Gasteiger partial charge in [0.1, 0.15) is 12.4 Å². The van der Waals surface area contributed by atoms with E-state index >= 15 is 0 Å². The number of nitrogens with one attached hydrogen (secondary N) is 1. The third-order valence-corrected chi connectivity index (χ3v) is 3.98. The minimum Gasteiger partial charge on any atom is -0.473 e. The zero-order valence-electron chi connectivity index (χ0n) is 13.3. The molecule has 1 aliphatic rings. The lowest BCUT2D eigenvalue weighted by Crippen LogP contribution is -2.53. The molecule has 24 heavy (non-hydrogen) atoms. The van der Waals surface area contributed by atoms with Crippen LogP contribution in [-0.2, 0) is 6.61 Å². The normalized spacial score (nSPS) is 22.5. The van der Waals surface area contributed by atoms with Gasteiger partial charge in [-0.2, -0.15) is 0 Å². The van der Waals surface area contributed by atoms with Gasteiger partial charge in [-0.05, 0) is 43.5 Å². The molecule has 1 amide bonds. The van der Waals surface area contributed by atoms with Crippen molar-refractivity contribution in [1.29, 1.82) is 0 Å². The van der Waals surface area contributed by atoms with Crippen LogP contribution in [0, 0.1) is 5.82 Å². The Bertz CT molecular complexity index is 723. The number of ether oxygens (including phenoxy) is 1. The van der Waals surface area contributed by atoms with E-state index in [2.05, 4.69) is 10.3 Å². The molecule has 0 unspecified atom stereocenters. The standard InChI is InChI=1S/C18H19FN2O3/c1-18(23)8-15(9-18)21-17(22)13-5-6-16(20-10-13)24-11-12-3-2-4-14(19)7-12/h2-7,10,15,23H,8-9,11H2,1H3,(H,21,22). The molecule has 3 rings (SSSR count). The molecule has 1 heterocycles. The Balaban J connectivity index is 1.52. The largest absolute Gasteiger partial charge is 0.473 e. The molecule has 1 fully saturated rings. The van der Waals surface area contributed by atoms with Crippen LogP contribution in [-0.4, -0.2) is 27.6 Å².